The van der Waals surface area contributed by atoms with Gasteiger partial charge in [-0.1, -0.05) is 13.8 Å². The summed E-state index contributed by atoms with van der Waals surface area (Å²) in [6.07, 6.45) is 0. The molecule has 0 aliphatic heterocycles. The van der Waals surface area contributed by atoms with E-state index in [1.54, 1.807) is 0 Å². The van der Waals surface area contributed by atoms with Crippen LogP contribution in [-0.2, 0) is 0 Å². The minimum atomic E-state index is -4.51. The fraction of sp³-hybridized carbons (Fsp3) is 0.143. The summed E-state index contributed by atoms with van der Waals surface area (Å²) < 4.78 is 292. The fourth-order valence-electron chi connectivity index (χ4n) is 4.69. The Morgan fingerprint density at radius 2 is 0.320 bits per heavy atom. The van der Waals surface area contributed by atoms with Crippen molar-refractivity contribution in [2.75, 3.05) is 0 Å². The molecule has 4 aromatic rings. The summed E-state index contributed by atoms with van der Waals surface area (Å²) in [5.74, 6) is -59.5. The van der Waals surface area contributed by atoms with Crippen LogP contribution in [0.15, 0.2) is 0 Å². The van der Waals surface area contributed by atoms with Gasteiger partial charge in [-0.2, -0.15) is 0 Å². The first-order chi connectivity index (χ1) is 23.0. The largest absolute Gasteiger partial charge is 0.203 e. The van der Waals surface area contributed by atoms with E-state index in [0.717, 1.165) is 0 Å². The number of rotatable bonds is 7. The molecule has 0 radical (unpaired) electrons. The van der Waals surface area contributed by atoms with Crippen molar-refractivity contribution in [2.45, 2.75) is 25.2 Å². The molecule has 2 atom stereocenters. The highest BCUT2D eigenvalue weighted by Crippen LogP contribution is 2.55. The van der Waals surface area contributed by atoms with E-state index in [1.165, 1.54) is 0 Å². The molecule has 0 saturated heterocycles. The van der Waals surface area contributed by atoms with Gasteiger partial charge in [0.15, 0.2) is 93.1 Å². The van der Waals surface area contributed by atoms with Gasteiger partial charge in [0.25, 0.3) is 0 Å². The number of hydrogen-bond donors (Lipinski definition) is 0. The molecule has 0 aromatic heterocycles. The Hall–Kier alpha value is -3.66. The SMILES string of the molecule is CC(C(C)P(c1c(F)c(F)c(F)c(F)c1F)c1c(F)c(F)c(F)c(F)c1F)P(c1c(F)c(F)c(F)c(F)c1F)c1c(F)c(F)c(F)c(F)c1F. The van der Waals surface area contributed by atoms with Gasteiger partial charge in [-0.25, -0.2) is 87.8 Å². The van der Waals surface area contributed by atoms with Gasteiger partial charge in [0, 0.05) is 0 Å². The van der Waals surface area contributed by atoms with Gasteiger partial charge in [-0.05, 0) is 27.2 Å². The van der Waals surface area contributed by atoms with Crippen LogP contribution in [0.2, 0.25) is 0 Å². The van der Waals surface area contributed by atoms with Crippen LogP contribution in [-0.4, -0.2) is 11.3 Å². The third-order valence-corrected chi connectivity index (χ3v) is 13.5. The molecule has 0 bridgehead atoms. The first-order valence-electron chi connectivity index (χ1n) is 12.7. The van der Waals surface area contributed by atoms with Gasteiger partial charge in [0.2, 0.25) is 23.3 Å². The summed E-state index contributed by atoms with van der Waals surface area (Å²) in [5.41, 5.74) is -5.52. The van der Waals surface area contributed by atoms with E-state index < -0.39 is 165 Å². The quantitative estimate of drug-likeness (QED) is 0.0761. The van der Waals surface area contributed by atoms with Crippen LogP contribution in [0, 0.1) is 116 Å². The molecule has 22 heteroatoms. The predicted octanol–water partition coefficient (Wildman–Crippen LogP) is 8.81. The first kappa shape index (κ1) is 39.1. The van der Waals surface area contributed by atoms with E-state index in [1.807, 2.05) is 0 Å². The molecule has 4 aromatic carbocycles. The molecule has 0 N–H and O–H groups in total. The van der Waals surface area contributed by atoms with Crippen molar-refractivity contribution in [1.82, 2.24) is 0 Å². The van der Waals surface area contributed by atoms with Gasteiger partial charge >= 0.3 is 0 Å². The molecule has 0 fully saturated rings. The smallest absolute Gasteiger partial charge is 0.200 e. The third kappa shape index (κ3) is 5.75. The molecule has 0 amide bonds. The second kappa shape index (κ2) is 13.8. The Morgan fingerprint density at radius 3 is 0.440 bits per heavy atom. The van der Waals surface area contributed by atoms with Crippen molar-refractivity contribution in [3.8, 4) is 0 Å². The molecule has 0 aliphatic carbocycles. The first-order valence-corrected chi connectivity index (χ1v) is 15.5. The van der Waals surface area contributed by atoms with Gasteiger partial charge in [0.1, 0.15) is 0 Å². The lowest BCUT2D eigenvalue weighted by molar-refractivity contribution is 0.382. The van der Waals surface area contributed by atoms with Crippen LogP contribution in [0.25, 0.3) is 0 Å². The van der Waals surface area contributed by atoms with Crippen molar-refractivity contribution >= 4 is 37.1 Å². The van der Waals surface area contributed by atoms with Crippen molar-refractivity contribution in [1.29, 1.82) is 0 Å². The third-order valence-electron chi connectivity index (χ3n) is 7.22. The molecule has 0 heterocycles. The Kier molecular flexibility index (Phi) is 10.8. The van der Waals surface area contributed by atoms with E-state index in [4.69, 9.17) is 0 Å². The Balaban J connectivity index is 2.23. The van der Waals surface area contributed by atoms with Crippen LogP contribution in [0.3, 0.4) is 0 Å². The number of halogens is 20. The lowest BCUT2D eigenvalue weighted by Crippen LogP contribution is -2.39. The summed E-state index contributed by atoms with van der Waals surface area (Å²) in [6.45, 7) is 0.583. The molecule has 4 rings (SSSR count). The molecule has 0 saturated carbocycles. The molecular weight excluding hydrogens is 778 g/mol. The molecule has 0 aliphatic rings. The summed E-state index contributed by atoms with van der Waals surface area (Å²) in [4.78, 5) is 0. The van der Waals surface area contributed by atoms with E-state index in [2.05, 4.69) is 0 Å². The average molecular weight is 786 g/mol. The van der Waals surface area contributed by atoms with Crippen LogP contribution in [0.5, 0.6) is 0 Å². The van der Waals surface area contributed by atoms with Gasteiger partial charge in [0.05, 0.1) is 21.2 Å². The minimum Gasteiger partial charge on any atom is -0.203 e. The highest BCUT2D eigenvalue weighted by Gasteiger charge is 2.46. The average Bonchev–Trinajstić information content (AvgIpc) is 3.09. The zero-order valence-corrected chi connectivity index (χ0v) is 25.4. The van der Waals surface area contributed by atoms with Gasteiger partial charge < -0.3 is 0 Å². The van der Waals surface area contributed by atoms with Gasteiger partial charge in [-0.3, -0.25) is 0 Å². The van der Waals surface area contributed by atoms with Crippen molar-refractivity contribution in [2.24, 2.45) is 0 Å². The fourth-order valence-corrected chi connectivity index (χ4v) is 10.9. The summed E-state index contributed by atoms with van der Waals surface area (Å²) >= 11 is 0. The van der Waals surface area contributed by atoms with Gasteiger partial charge in [-0.15, -0.1) is 0 Å². The predicted molar refractivity (Wildman–Crippen MR) is 136 cm³/mol. The molecule has 270 valence electrons. The maximum absolute atomic E-state index is 15.2. The summed E-state index contributed by atoms with van der Waals surface area (Å²) in [7, 11) is -9.02. The lowest BCUT2D eigenvalue weighted by Gasteiger charge is -2.36. The van der Waals surface area contributed by atoms with Crippen LogP contribution in [0.1, 0.15) is 13.8 Å². The monoisotopic (exact) mass is 786 g/mol. The highest BCUT2D eigenvalue weighted by molar-refractivity contribution is 7.77. The van der Waals surface area contributed by atoms with Crippen molar-refractivity contribution < 1.29 is 87.8 Å². The molecule has 50 heavy (non-hydrogen) atoms. The van der Waals surface area contributed by atoms with Crippen LogP contribution < -0.4 is 21.2 Å². The second-order valence-corrected chi connectivity index (χ2v) is 14.8. The van der Waals surface area contributed by atoms with E-state index in [0.29, 0.717) is 13.8 Å². The maximum Gasteiger partial charge on any atom is 0.200 e. The molecule has 2 unspecified atom stereocenters. The Bertz CT molecular complexity index is 1680. The summed E-state index contributed by atoms with van der Waals surface area (Å²) in [5, 5.41) is -9.65. The van der Waals surface area contributed by atoms with Crippen molar-refractivity contribution in [3.05, 3.63) is 116 Å². The Morgan fingerprint density at radius 1 is 0.220 bits per heavy atom. The van der Waals surface area contributed by atoms with E-state index in [-0.39, 0.29) is 0 Å². The summed E-state index contributed by atoms with van der Waals surface area (Å²) in [6, 6.07) is 0. The lowest BCUT2D eigenvalue weighted by atomic mass is 10.3. The normalized spacial score (nSPS) is 13.2. The Labute approximate surface area is 266 Å². The second-order valence-electron chi connectivity index (χ2n) is 9.90. The topological polar surface area (TPSA) is 0 Å². The van der Waals surface area contributed by atoms with Crippen molar-refractivity contribution in [3.63, 3.8) is 0 Å². The zero-order valence-electron chi connectivity index (χ0n) is 23.6. The van der Waals surface area contributed by atoms with E-state index >= 15 is 35.1 Å². The van der Waals surface area contributed by atoms with E-state index in [9.17, 15) is 52.7 Å². The number of benzene rings is 4. The minimum absolute atomic E-state index is 0.292. The molecule has 0 spiro atoms. The van der Waals surface area contributed by atoms with Crippen LogP contribution >= 0.6 is 15.8 Å². The molecular formula is C28H8F20P2. The van der Waals surface area contributed by atoms with Crippen LogP contribution in [0.4, 0.5) is 87.8 Å². The molecule has 0 nitrogen and oxygen atoms in total. The highest BCUT2D eigenvalue weighted by atomic mass is 31.1. The zero-order chi connectivity index (χ0) is 38.2. The standard InChI is InChI=1S/C28H8F20P2/c1-3(49(25-17(41)9(33)5(29)10(34)18(25)42)26-19(43)11(35)6(30)12(36)20(26)44)4(2)50(27-21(45)13(37)7(31)14(38)22(27)46)28-23(47)15(39)8(32)16(40)24(28)48/h3-4H,1-2H3. The number of hydrogen-bond acceptors (Lipinski definition) is 0. The maximum atomic E-state index is 15.2.